The van der Waals surface area contributed by atoms with Crippen LogP contribution < -0.4 is 10.1 Å². The smallest absolute Gasteiger partial charge is 0.144 e. The van der Waals surface area contributed by atoms with E-state index in [1.54, 1.807) is 13.2 Å². The van der Waals surface area contributed by atoms with Crippen LogP contribution in [-0.4, -0.2) is 12.9 Å². The number of hydrogen-bond acceptors (Lipinski definition) is 3. The number of halogens is 2. The van der Waals surface area contributed by atoms with Crippen molar-refractivity contribution in [1.29, 1.82) is 0 Å². The van der Waals surface area contributed by atoms with Gasteiger partial charge in [-0.05, 0) is 42.3 Å². The first kappa shape index (κ1) is 14.5. The fourth-order valence-corrected chi connectivity index (χ4v) is 3.77. The van der Waals surface area contributed by atoms with E-state index in [0.29, 0.717) is 5.75 Å². The molecular weight excluding hydrogens is 309 g/mol. The van der Waals surface area contributed by atoms with E-state index < -0.39 is 0 Å². The van der Waals surface area contributed by atoms with Crippen LogP contribution in [0.2, 0.25) is 5.02 Å². The summed E-state index contributed by atoms with van der Waals surface area (Å²) in [6, 6.07) is 10.6. The molecule has 0 saturated carbocycles. The van der Waals surface area contributed by atoms with Gasteiger partial charge in [-0.25, -0.2) is 4.39 Å². The maximum Gasteiger partial charge on any atom is 0.144 e. The van der Waals surface area contributed by atoms with Crippen molar-refractivity contribution in [3.05, 3.63) is 52.8 Å². The fourth-order valence-electron chi connectivity index (χ4n) is 2.49. The van der Waals surface area contributed by atoms with Crippen LogP contribution in [0, 0.1) is 5.82 Å². The Morgan fingerprint density at radius 3 is 2.95 bits per heavy atom. The number of methoxy groups -OCH3 is 1. The average Bonchev–Trinajstić information content (AvgIpc) is 2.49. The van der Waals surface area contributed by atoms with E-state index in [1.165, 1.54) is 22.6 Å². The van der Waals surface area contributed by atoms with Gasteiger partial charge in [0.1, 0.15) is 11.6 Å². The molecule has 1 aliphatic heterocycles. The standard InChI is InChI=1S/C16H15ClFNOS/c1-20-15-9-11(18)3-4-14(15)19-13-6-7-21-16-5-2-10(17)8-12(13)16/h2-5,8-9,13,19H,6-7H2,1H3. The van der Waals surface area contributed by atoms with Gasteiger partial charge < -0.3 is 10.1 Å². The third-order valence-corrected chi connectivity index (χ3v) is 4.86. The van der Waals surface area contributed by atoms with Gasteiger partial charge >= 0.3 is 0 Å². The lowest BCUT2D eigenvalue weighted by Gasteiger charge is -2.27. The molecule has 0 fully saturated rings. The topological polar surface area (TPSA) is 21.3 Å². The number of thioether (sulfide) groups is 1. The van der Waals surface area contributed by atoms with Crippen molar-refractivity contribution < 1.29 is 9.13 Å². The van der Waals surface area contributed by atoms with Crippen molar-refractivity contribution in [2.24, 2.45) is 0 Å². The highest BCUT2D eigenvalue weighted by molar-refractivity contribution is 7.99. The lowest BCUT2D eigenvalue weighted by atomic mass is 10.0. The van der Waals surface area contributed by atoms with E-state index >= 15 is 0 Å². The first-order valence-electron chi connectivity index (χ1n) is 6.69. The highest BCUT2D eigenvalue weighted by Crippen LogP contribution is 2.40. The summed E-state index contributed by atoms with van der Waals surface area (Å²) in [7, 11) is 1.54. The molecule has 0 amide bonds. The maximum absolute atomic E-state index is 13.3. The summed E-state index contributed by atoms with van der Waals surface area (Å²) in [5.74, 6) is 1.24. The second-order valence-corrected chi connectivity index (χ2v) is 6.43. The normalized spacial score (nSPS) is 17.2. The predicted molar refractivity (Wildman–Crippen MR) is 86.1 cm³/mol. The summed E-state index contributed by atoms with van der Waals surface area (Å²) < 4.78 is 18.5. The van der Waals surface area contributed by atoms with Crippen LogP contribution in [0.1, 0.15) is 18.0 Å². The second-order valence-electron chi connectivity index (χ2n) is 4.86. The zero-order valence-corrected chi connectivity index (χ0v) is 13.1. The Balaban J connectivity index is 1.92. The third-order valence-electron chi connectivity index (χ3n) is 3.50. The Morgan fingerprint density at radius 2 is 2.14 bits per heavy atom. The Morgan fingerprint density at radius 1 is 1.29 bits per heavy atom. The Labute approximate surface area is 132 Å². The number of nitrogens with one attached hydrogen (secondary N) is 1. The van der Waals surface area contributed by atoms with Gasteiger partial charge in [-0.1, -0.05) is 11.6 Å². The van der Waals surface area contributed by atoms with E-state index in [1.807, 2.05) is 23.9 Å². The molecule has 0 radical (unpaired) electrons. The van der Waals surface area contributed by atoms with Crippen molar-refractivity contribution in [2.75, 3.05) is 18.2 Å². The minimum Gasteiger partial charge on any atom is -0.494 e. The third kappa shape index (κ3) is 3.11. The zero-order chi connectivity index (χ0) is 14.8. The number of benzene rings is 2. The molecule has 0 saturated heterocycles. The maximum atomic E-state index is 13.3. The average molecular weight is 324 g/mol. The van der Waals surface area contributed by atoms with Crippen molar-refractivity contribution in [3.8, 4) is 5.75 Å². The SMILES string of the molecule is COc1cc(F)ccc1NC1CCSc2ccc(Cl)cc21. The predicted octanol–water partition coefficient (Wildman–Crippen LogP) is 5.14. The second kappa shape index (κ2) is 6.16. The lowest BCUT2D eigenvalue weighted by molar-refractivity contribution is 0.412. The summed E-state index contributed by atoms with van der Waals surface area (Å²) in [6.45, 7) is 0. The van der Waals surface area contributed by atoms with Crippen molar-refractivity contribution in [1.82, 2.24) is 0 Å². The number of anilines is 1. The highest BCUT2D eigenvalue weighted by atomic mass is 35.5. The monoisotopic (exact) mass is 323 g/mol. The number of ether oxygens (including phenoxy) is 1. The van der Waals surface area contributed by atoms with Gasteiger partial charge in [-0.3, -0.25) is 0 Å². The molecule has 2 nitrogen and oxygen atoms in total. The largest absolute Gasteiger partial charge is 0.494 e. The number of rotatable bonds is 3. The molecule has 0 bridgehead atoms. The lowest BCUT2D eigenvalue weighted by Crippen LogP contribution is -2.16. The summed E-state index contributed by atoms with van der Waals surface area (Å²) in [4.78, 5) is 1.24. The van der Waals surface area contributed by atoms with Gasteiger partial charge in [0.2, 0.25) is 0 Å². The molecule has 1 aliphatic rings. The molecule has 0 aliphatic carbocycles. The molecule has 0 spiro atoms. The first-order chi connectivity index (χ1) is 10.2. The molecule has 2 aromatic rings. The molecule has 5 heteroatoms. The van der Waals surface area contributed by atoms with Crippen LogP contribution in [0.25, 0.3) is 0 Å². The minimum absolute atomic E-state index is 0.152. The molecular formula is C16H15ClFNOS. The van der Waals surface area contributed by atoms with E-state index in [0.717, 1.165) is 22.9 Å². The number of fused-ring (bicyclic) bond motifs is 1. The molecule has 110 valence electrons. The molecule has 1 heterocycles. The Bertz CT molecular complexity index is 665. The molecule has 1 unspecified atom stereocenters. The molecule has 1 N–H and O–H groups in total. The first-order valence-corrected chi connectivity index (χ1v) is 8.06. The van der Waals surface area contributed by atoms with Gasteiger partial charge in [0.25, 0.3) is 0 Å². The van der Waals surface area contributed by atoms with Gasteiger partial charge in [-0.15, -0.1) is 11.8 Å². The Hall–Kier alpha value is -1.39. The molecule has 1 atom stereocenters. The summed E-state index contributed by atoms with van der Waals surface area (Å²) in [5.41, 5.74) is 1.98. The van der Waals surface area contributed by atoms with Gasteiger partial charge in [-0.2, -0.15) is 0 Å². The van der Waals surface area contributed by atoms with Crippen molar-refractivity contribution in [2.45, 2.75) is 17.4 Å². The summed E-state index contributed by atoms with van der Waals surface area (Å²) >= 11 is 7.95. The number of hydrogen-bond donors (Lipinski definition) is 1. The molecule has 0 aromatic heterocycles. The Kier molecular flexibility index (Phi) is 4.27. The van der Waals surface area contributed by atoms with Gasteiger partial charge in [0, 0.05) is 21.7 Å². The van der Waals surface area contributed by atoms with E-state index in [9.17, 15) is 4.39 Å². The molecule has 3 rings (SSSR count). The van der Waals surface area contributed by atoms with Crippen LogP contribution in [0.4, 0.5) is 10.1 Å². The fraction of sp³-hybridized carbons (Fsp3) is 0.250. The van der Waals surface area contributed by atoms with Crippen molar-refractivity contribution >= 4 is 29.1 Å². The summed E-state index contributed by atoms with van der Waals surface area (Å²) in [5, 5.41) is 4.18. The van der Waals surface area contributed by atoms with E-state index in [4.69, 9.17) is 16.3 Å². The van der Waals surface area contributed by atoms with Crippen molar-refractivity contribution in [3.63, 3.8) is 0 Å². The van der Waals surface area contributed by atoms with Crippen LogP contribution >= 0.6 is 23.4 Å². The van der Waals surface area contributed by atoms with E-state index in [2.05, 4.69) is 11.4 Å². The van der Waals surface area contributed by atoms with Crippen LogP contribution in [0.15, 0.2) is 41.3 Å². The van der Waals surface area contributed by atoms with Crippen LogP contribution in [0.5, 0.6) is 5.75 Å². The van der Waals surface area contributed by atoms with E-state index in [-0.39, 0.29) is 11.9 Å². The molecule has 21 heavy (non-hydrogen) atoms. The van der Waals surface area contributed by atoms with Crippen LogP contribution in [-0.2, 0) is 0 Å². The zero-order valence-electron chi connectivity index (χ0n) is 11.5. The van der Waals surface area contributed by atoms with Gasteiger partial charge in [0.15, 0.2) is 0 Å². The van der Waals surface area contributed by atoms with Gasteiger partial charge in [0.05, 0.1) is 18.8 Å². The highest BCUT2D eigenvalue weighted by Gasteiger charge is 2.22. The molecule has 2 aromatic carbocycles. The quantitative estimate of drug-likeness (QED) is 0.845. The summed E-state index contributed by atoms with van der Waals surface area (Å²) in [6.07, 6.45) is 0.985. The minimum atomic E-state index is -0.306. The van der Waals surface area contributed by atoms with Crippen LogP contribution in [0.3, 0.4) is 0 Å².